The Bertz CT molecular complexity index is 564. The molecule has 2 saturated heterocycles. The molecule has 2 heterocycles. The van der Waals surface area contributed by atoms with Gasteiger partial charge in [0.05, 0.1) is 6.54 Å². The molecule has 0 bridgehead atoms. The van der Waals surface area contributed by atoms with Crippen LogP contribution in [-0.2, 0) is 4.79 Å². The fourth-order valence-electron chi connectivity index (χ4n) is 4.57. The Morgan fingerprint density at radius 1 is 1.16 bits per heavy atom. The standard InChI is InChI=1S/C21H33N3O/c1-4-23-15-19(18-8-6-5-7-9-18)14-21(17-23)10-12-24(13-11-21)16-20(25)22(2)3/h5-9,19H,4,10-17H2,1-3H3. The average molecular weight is 344 g/mol. The third-order valence-corrected chi connectivity index (χ3v) is 6.21. The number of amides is 1. The minimum atomic E-state index is 0.219. The zero-order valence-corrected chi connectivity index (χ0v) is 16.1. The molecule has 0 aliphatic carbocycles. The normalized spacial score (nSPS) is 24.4. The van der Waals surface area contributed by atoms with Crippen molar-refractivity contribution in [2.24, 2.45) is 5.41 Å². The minimum absolute atomic E-state index is 0.219. The van der Waals surface area contributed by atoms with Crippen LogP contribution in [0.15, 0.2) is 30.3 Å². The highest BCUT2D eigenvalue weighted by molar-refractivity contribution is 5.77. The summed E-state index contributed by atoms with van der Waals surface area (Å²) in [6.07, 6.45) is 3.73. The molecule has 3 rings (SSSR count). The summed E-state index contributed by atoms with van der Waals surface area (Å²) >= 11 is 0. The van der Waals surface area contributed by atoms with Crippen LogP contribution in [-0.4, -0.2) is 74.0 Å². The summed E-state index contributed by atoms with van der Waals surface area (Å²) in [4.78, 5) is 18.7. The Balaban J connectivity index is 1.66. The lowest BCUT2D eigenvalue weighted by Crippen LogP contribution is -2.52. The van der Waals surface area contributed by atoms with Crippen LogP contribution >= 0.6 is 0 Å². The Morgan fingerprint density at radius 2 is 1.84 bits per heavy atom. The first-order valence-corrected chi connectivity index (χ1v) is 9.71. The van der Waals surface area contributed by atoms with Crippen LogP contribution in [0.1, 0.15) is 37.7 Å². The molecule has 0 N–H and O–H groups in total. The van der Waals surface area contributed by atoms with Gasteiger partial charge >= 0.3 is 0 Å². The second-order valence-electron chi connectivity index (χ2n) is 8.20. The van der Waals surface area contributed by atoms with Crippen LogP contribution in [0.3, 0.4) is 0 Å². The number of benzene rings is 1. The molecule has 2 aliphatic rings. The van der Waals surface area contributed by atoms with Crippen molar-refractivity contribution in [3.63, 3.8) is 0 Å². The van der Waals surface area contributed by atoms with E-state index >= 15 is 0 Å². The smallest absolute Gasteiger partial charge is 0.236 e. The maximum absolute atomic E-state index is 12.0. The van der Waals surface area contributed by atoms with Crippen LogP contribution in [0, 0.1) is 5.41 Å². The van der Waals surface area contributed by atoms with E-state index in [0.29, 0.717) is 17.9 Å². The number of piperidine rings is 2. The second kappa shape index (κ2) is 7.88. The van der Waals surface area contributed by atoms with E-state index in [2.05, 4.69) is 47.1 Å². The number of hydrogen-bond acceptors (Lipinski definition) is 3. The summed E-state index contributed by atoms with van der Waals surface area (Å²) in [6, 6.07) is 11.0. The summed E-state index contributed by atoms with van der Waals surface area (Å²) in [5, 5.41) is 0. The maximum Gasteiger partial charge on any atom is 0.236 e. The van der Waals surface area contributed by atoms with E-state index in [1.807, 2.05) is 14.1 Å². The zero-order chi connectivity index (χ0) is 17.9. The van der Waals surface area contributed by atoms with Gasteiger partial charge in [-0.25, -0.2) is 0 Å². The van der Waals surface area contributed by atoms with E-state index in [4.69, 9.17) is 0 Å². The van der Waals surface area contributed by atoms with Gasteiger partial charge in [-0.15, -0.1) is 0 Å². The van der Waals surface area contributed by atoms with Gasteiger partial charge < -0.3 is 9.80 Å². The van der Waals surface area contributed by atoms with E-state index in [9.17, 15) is 4.79 Å². The monoisotopic (exact) mass is 343 g/mol. The van der Waals surface area contributed by atoms with Gasteiger partial charge in [0.15, 0.2) is 0 Å². The summed E-state index contributed by atoms with van der Waals surface area (Å²) in [5.74, 6) is 0.863. The molecule has 2 fully saturated rings. The van der Waals surface area contributed by atoms with Crippen LogP contribution < -0.4 is 0 Å². The summed E-state index contributed by atoms with van der Waals surface area (Å²) in [7, 11) is 3.69. The second-order valence-corrected chi connectivity index (χ2v) is 8.20. The van der Waals surface area contributed by atoms with Crippen molar-refractivity contribution in [3.8, 4) is 0 Å². The van der Waals surface area contributed by atoms with Crippen molar-refractivity contribution in [1.82, 2.24) is 14.7 Å². The predicted octanol–water partition coefficient (Wildman–Crippen LogP) is 2.67. The minimum Gasteiger partial charge on any atom is -0.348 e. The van der Waals surface area contributed by atoms with Crippen molar-refractivity contribution in [1.29, 1.82) is 0 Å². The number of rotatable bonds is 4. The topological polar surface area (TPSA) is 26.8 Å². The summed E-state index contributed by atoms with van der Waals surface area (Å²) < 4.78 is 0. The van der Waals surface area contributed by atoms with Crippen molar-refractivity contribution in [2.75, 3.05) is 53.4 Å². The first kappa shape index (κ1) is 18.4. The highest BCUT2D eigenvalue weighted by Crippen LogP contribution is 2.44. The number of carbonyl (C=O) groups is 1. The zero-order valence-electron chi connectivity index (χ0n) is 16.1. The molecule has 1 aromatic carbocycles. The van der Waals surface area contributed by atoms with E-state index < -0.39 is 0 Å². The third kappa shape index (κ3) is 4.42. The van der Waals surface area contributed by atoms with Gasteiger partial charge in [0.1, 0.15) is 0 Å². The number of hydrogen-bond donors (Lipinski definition) is 0. The maximum atomic E-state index is 12.0. The quantitative estimate of drug-likeness (QED) is 0.841. The van der Waals surface area contributed by atoms with Crippen molar-refractivity contribution in [3.05, 3.63) is 35.9 Å². The summed E-state index contributed by atoms with van der Waals surface area (Å²) in [6.45, 7) is 8.51. The Labute approximate surface area is 152 Å². The van der Waals surface area contributed by atoms with Crippen LogP contribution in [0.5, 0.6) is 0 Å². The number of likely N-dealkylation sites (N-methyl/N-ethyl adjacent to an activating group) is 2. The van der Waals surface area contributed by atoms with Crippen molar-refractivity contribution < 1.29 is 4.79 Å². The Morgan fingerprint density at radius 3 is 2.44 bits per heavy atom. The largest absolute Gasteiger partial charge is 0.348 e. The van der Waals surface area contributed by atoms with Gasteiger partial charge in [-0.3, -0.25) is 9.69 Å². The molecule has 4 nitrogen and oxygen atoms in total. The molecular formula is C21H33N3O. The third-order valence-electron chi connectivity index (χ3n) is 6.21. The molecular weight excluding hydrogens is 310 g/mol. The fourth-order valence-corrected chi connectivity index (χ4v) is 4.57. The molecule has 0 aromatic heterocycles. The molecule has 2 aliphatic heterocycles. The van der Waals surface area contributed by atoms with Crippen molar-refractivity contribution in [2.45, 2.75) is 32.1 Å². The highest BCUT2D eigenvalue weighted by atomic mass is 16.2. The average Bonchev–Trinajstić information content (AvgIpc) is 2.64. The van der Waals surface area contributed by atoms with E-state index in [0.717, 1.165) is 19.6 Å². The first-order chi connectivity index (χ1) is 12.0. The lowest BCUT2D eigenvalue weighted by atomic mass is 9.68. The Hall–Kier alpha value is -1.39. The van der Waals surface area contributed by atoms with Crippen LogP contribution in [0.4, 0.5) is 0 Å². The van der Waals surface area contributed by atoms with E-state index in [-0.39, 0.29) is 5.91 Å². The van der Waals surface area contributed by atoms with Gasteiger partial charge in [0.25, 0.3) is 0 Å². The molecule has 1 spiro atoms. The Kier molecular flexibility index (Phi) is 5.80. The lowest BCUT2D eigenvalue weighted by molar-refractivity contribution is -0.130. The number of nitrogens with zero attached hydrogens (tertiary/aromatic N) is 3. The predicted molar refractivity (Wildman–Crippen MR) is 103 cm³/mol. The molecule has 0 radical (unpaired) electrons. The van der Waals surface area contributed by atoms with Gasteiger partial charge in [0, 0.05) is 27.2 Å². The van der Waals surface area contributed by atoms with Gasteiger partial charge in [-0.1, -0.05) is 37.3 Å². The van der Waals surface area contributed by atoms with Gasteiger partial charge in [0.2, 0.25) is 5.91 Å². The molecule has 4 heteroatoms. The van der Waals surface area contributed by atoms with E-state index in [1.54, 1.807) is 4.90 Å². The van der Waals surface area contributed by atoms with E-state index in [1.165, 1.54) is 37.9 Å². The molecule has 138 valence electrons. The van der Waals surface area contributed by atoms with Gasteiger partial charge in [-0.05, 0) is 55.8 Å². The van der Waals surface area contributed by atoms with Gasteiger partial charge in [-0.2, -0.15) is 0 Å². The SMILES string of the molecule is CCN1CC(c2ccccc2)CC2(CCN(CC(=O)N(C)C)CC2)C1. The van der Waals surface area contributed by atoms with Crippen LogP contribution in [0.2, 0.25) is 0 Å². The summed E-state index contributed by atoms with van der Waals surface area (Å²) in [5.41, 5.74) is 1.91. The molecule has 1 atom stereocenters. The first-order valence-electron chi connectivity index (χ1n) is 9.71. The highest BCUT2D eigenvalue weighted by Gasteiger charge is 2.42. The fraction of sp³-hybridized carbons (Fsp3) is 0.667. The molecule has 1 unspecified atom stereocenters. The molecule has 1 aromatic rings. The molecule has 0 saturated carbocycles. The molecule has 1 amide bonds. The van der Waals surface area contributed by atoms with Crippen molar-refractivity contribution >= 4 is 5.91 Å². The number of carbonyl (C=O) groups excluding carboxylic acids is 1. The number of likely N-dealkylation sites (tertiary alicyclic amines) is 2. The lowest BCUT2D eigenvalue weighted by Gasteiger charge is -2.50. The van der Waals surface area contributed by atoms with Crippen LogP contribution in [0.25, 0.3) is 0 Å². The molecule has 25 heavy (non-hydrogen) atoms.